The van der Waals surface area contributed by atoms with Crippen molar-refractivity contribution in [1.82, 2.24) is 0 Å². The third kappa shape index (κ3) is 3.27. The Hall–Kier alpha value is -3.25. The van der Waals surface area contributed by atoms with Crippen molar-refractivity contribution in [3.63, 3.8) is 0 Å². The summed E-state index contributed by atoms with van der Waals surface area (Å²) in [6, 6.07) is 22.2. The van der Waals surface area contributed by atoms with Crippen molar-refractivity contribution in [1.29, 1.82) is 0 Å². The van der Waals surface area contributed by atoms with Crippen LogP contribution in [0.3, 0.4) is 0 Å². The van der Waals surface area contributed by atoms with E-state index in [0.717, 1.165) is 21.3 Å². The Morgan fingerprint density at radius 3 is 2.32 bits per heavy atom. The van der Waals surface area contributed by atoms with Gasteiger partial charge in [0.1, 0.15) is 12.1 Å². The maximum atomic E-state index is 13.8. The van der Waals surface area contributed by atoms with Crippen molar-refractivity contribution >= 4 is 33.5 Å². The smallest absolute Gasteiger partial charge is 0.245 e. The van der Waals surface area contributed by atoms with Gasteiger partial charge in [-0.2, -0.15) is 0 Å². The van der Waals surface area contributed by atoms with Gasteiger partial charge in [0.2, 0.25) is 6.04 Å². The number of nitro groups is 1. The maximum Gasteiger partial charge on any atom is 0.245 e. The molecule has 0 saturated carbocycles. The molecule has 3 aromatic rings. The summed E-state index contributed by atoms with van der Waals surface area (Å²) in [6.45, 7) is 0. The molecule has 0 radical (unpaired) electrons. The van der Waals surface area contributed by atoms with Gasteiger partial charge >= 0.3 is 0 Å². The van der Waals surface area contributed by atoms with Crippen LogP contribution >= 0.6 is 15.9 Å². The Morgan fingerprint density at radius 1 is 0.935 bits per heavy atom. The van der Waals surface area contributed by atoms with Crippen molar-refractivity contribution in [2.45, 2.75) is 24.0 Å². The third-order valence-corrected chi connectivity index (χ3v) is 6.72. The van der Waals surface area contributed by atoms with Crippen LogP contribution in [-0.2, 0) is 0 Å². The van der Waals surface area contributed by atoms with Crippen molar-refractivity contribution in [3.8, 4) is 0 Å². The summed E-state index contributed by atoms with van der Waals surface area (Å²) < 4.78 is 0.890. The summed E-state index contributed by atoms with van der Waals surface area (Å²) in [5.74, 6) is -0.690. The van der Waals surface area contributed by atoms with Crippen molar-refractivity contribution in [3.05, 3.63) is 116 Å². The minimum absolute atomic E-state index is 0.104. The lowest BCUT2D eigenvalue weighted by Crippen LogP contribution is -2.44. The first kappa shape index (κ1) is 19.7. The van der Waals surface area contributed by atoms with Crippen LogP contribution in [0.4, 0.5) is 5.69 Å². The normalized spacial score (nSPS) is 23.8. The van der Waals surface area contributed by atoms with Crippen LogP contribution in [0.15, 0.2) is 89.4 Å². The number of hydrogen-bond donors (Lipinski definition) is 0. The Morgan fingerprint density at radius 2 is 1.61 bits per heavy atom. The van der Waals surface area contributed by atoms with Gasteiger partial charge in [0.05, 0.1) is 5.92 Å². The number of rotatable bonds is 4. The molecule has 0 aliphatic carbocycles. The summed E-state index contributed by atoms with van der Waals surface area (Å²) >= 11 is 3.44. The lowest BCUT2D eigenvalue weighted by molar-refractivity contribution is -0.524. The number of para-hydroxylation sites is 1. The zero-order chi connectivity index (χ0) is 21.5. The fraction of sp³-hybridized carbons (Fsp3) is 0.160. The second-order valence-corrected chi connectivity index (χ2v) is 8.76. The summed E-state index contributed by atoms with van der Waals surface area (Å²) in [7, 11) is 0. The van der Waals surface area contributed by atoms with Crippen LogP contribution in [0.25, 0.3) is 6.08 Å². The molecule has 0 bridgehead atoms. The van der Waals surface area contributed by atoms with E-state index in [1.165, 1.54) is 0 Å². The first-order valence-electron chi connectivity index (χ1n) is 10.1. The lowest BCUT2D eigenvalue weighted by Gasteiger charge is -2.34. The van der Waals surface area contributed by atoms with Gasteiger partial charge in [0, 0.05) is 20.6 Å². The van der Waals surface area contributed by atoms with Crippen molar-refractivity contribution in [2.24, 2.45) is 0 Å². The molecule has 1 saturated heterocycles. The van der Waals surface area contributed by atoms with Gasteiger partial charge in [0.15, 0.2) is 5.78 Å². The minimum atomic E-state index is -0.941. The molecular weight excluding hydrogens is 456 g/mol. The average molecular weight is 475 g/mol. The SMILES string of the molecule is O=C(c1ccccc1)[C@@H]1[C@H](c2ccc(Br)cc2)[C@H]([N+](=O)[O-])[C@@H]2C=Cc3ccccc3N12. The van der Waals surface area contributed by atoms with Crippen LogP contribution in [0.5, 0.6) is 0 Å². The maximum absolute atomic E-state index is 13.8. The van der Waals surface area contributed by atoms with Crippen LogP contribution in [0.2, 0.25) is 0 Å². The van der Waals surface area contributed by atoms with Gasteiger partial charge in [-0.3, -0.25) is 14.9 Å². The highest BCUT2D eigenvalue weighted by Crippen LogP contribution is 2.47. The van der Waals surface area contributed by atoms with Gasteiger partial charge in [0.25, 0.3) is 0 Å². The topological polar surface area (TPSA) is 63.4 Å². The number of nitrogens with zero attached hydrogens (tertiary/aromatic N) is 2. The van der Waals surface area contributed by atoms with Crippen LogP contribution in [0, 0.1) is 10.1 Å². The molecule has 0 unspecified atom stereocenters. The Balaban J connectivity index is 1.72. The number of anilines is 1. The molecule has 0 aromatic heterocycles. The molecule has 1 fully saturated rings. The van der Waals surface area contributed by atoms with E-state index in [1.807, 2.05) is 83.8 Å². The number of carbonyl (C=O) groups is 1. The number of fused-ring (bicyclic) bond motifs is 3. The molecule has 31 heavy (non-hydrogen) atoms. The molecule has 0 spiro atoms. The third-order valence-electron chi connectivity index (χ3n) is 6.19. The predicted molar refractivity (Wildman–Crippen MR) is 124 cm³/mol. The molecule has 0 N–H and O–H groups in total. The van der Waals surface area contributed by atoms with E-state index in [4.69, 9.17) is 0 Å². The number of halogens is 1. The highest BCUT2D eigenvalue weighted by Gasteiger charge is 2.58. The minimum Gasteiger partial charge on any atom is -0.346 e. The summed E-state index contributed by atoms with van der Waals surface area (Å²) in [5.41, 5.74) is 3.17. The monoisotopic (exact) mass is 474 g/mol. The standard InChI is InChI=1S/C25H19BrN2O3/c26-19-13-10-17(11-14-19)22-23(28(30)31)21-15-12-16-6-4-5-9-20(16)27(21)24(22)25(29)18-7-2-1-3-8-18/h1-15,21-24H/t21-,22+,23+,24-/m0/s1. The summed E-state index contributed by atoms with van der Waals surface area (Å²) in [5, 5.41) is 12.3. The Kier molecular flexibility index (Phi) is 4.94. The van der Waals surface area contributed by atoms with E-state index in [-0.39, 0.29) is 10.7 Å². The number of carbonyl (C=O) groups excluding carboxylic acids is 1. The first-order chi connectivity index (χ1) is 15.1. The second-order valence-electron chi connectivity index (χ2n) is 7.84. The van der Waals surface area contributed by atoms with E-state index in [2.05, 4.69) is 15.9 Å². The van der Waals surface area contributed by atoms with Crippen molar-refractivity contribution < 1.29 is 9.72 Å². The van der Waals surface area contributed by atoms with Gasteiger partial charge in [-0.15, -0.1) is 0 Å². The summed E-state index contributed by atoms with van der Waals surface area (Å²) in [4.78, 5) is 27.9. The zero-order valence-corrected chi connectivity index (χ0v) is 18.1. The fourth-order valence-electron chi connectivity index (χ4n) is 4.89. The molecule has 154 valence electrons. The molecule has 2 aliphatic rings. The molecule has 3 aromatic carbocycles. The molecule has 0 amide bonds. The second kappa shape index (κ2) is 7.78. The highest BCUT2D eigenvalue weighted by atomic mass is 79.9. The van der Waals surface area contributed by atoms with Gasteiger partial charge in [-0.25, -0.2) is 0 Å². The van der Waals surface area contributed by atoms with Gasteiger partial charge in [-0.05, 0) is 29.3 Å². The summed E-state index contributed by atoms with van der Waals surface area (Å²) in [6.07, 6.45) is 3.81. The fourth-order valence-corrected chi connectivity index (χ4v) is 5.15. The number of hydrogen-bond acceptors (Lipinski definition) is 4. The number of Topliss-reactive ketones (excluding diaryl/α,β-unsaturated/α-hetero) is 1. The van der Waals surface area contributed by atoms with E-state index in [9.17, 15) is 14.9 Å². The van der Waals surface area contributed by atoms with Crippen LogP contribution < -0.4 is 4.90 Å². The van der Waals surface area contributed by atoms with E-state index in [1.54, 1.807) is 12.1 Å². The quantitative estimate of drug-likeness (QED) is 0.290. The zero-order valence-electron chi connectivity index (χ0n) is 16.5. The molecule has 5 nitrogen and oxygen atoms in total. The van der Waals surface area contributed by atoms with E-state index < -0.39 is 24.0 Å². The number of ketones is 1. The van der Waals surface area contributed by atoms with Crippen LogP contribution in [-0.4, -0.2) is 28.8 Å². The molecule has 5 rings (SSSR count). The Bertz CT molecular complexity index is 1180. The molecule has 4 atom stereocenters. The van der Waals surface area contributed by atoms with Gasteiger partial charge < -0.3 is 4.90 Å². The molecule has 2 heterocycles. The van der Waals surface area contributed by atoms with E-state index in [0.29, 0.717) is 5.56 Å². The lowest BCUT2D eigenvalue weighted by atomic mass is 9.84. The molecular formula is C25H19BrN2O3. The largest absolute Gasteiger partial charge is 0.346 e. The molecule has 6 heteroatoms. The van der Waals surface area contributed by atoms with Crippen LogP contribution in [0.1, 0.15) is 27.4 Å². The predicted octanol–water partition coefficient (Wildman–Crippen LogP) is 5.35. The highest BCUT2D eigenvalue weighted by molar-refractivity contribution is 9.10. The molecule has 2 aliphatic heterocycles. The van der Waals surface area contributed by atoms with Gasteiger partial charge in [-0.1, -0.05) is 88.7 Å². The number of benzene rings is 3. The van der Waals surface area contributed by atoms with Crippen molar-refractivity contribution in [2.75, 3.05) is 4.90 Å². The van der Waals surface area contributed by atoms with E-state index >= 15 is 0 Å². The average Bonchev–Trinajstić information content (AvgIpc) is 3.15. The Labute approximate surface area is 188 Å². The first-order valence-corrected chi connectivity index (χ1v) is 10.9.